The van der Waals surface area contributed by atoms with Crippen molar-refractivity contribution in [2.24, 2.45) is 0 Å². The zero-order chi connectivity index (χ0) is 17.8. The van der Waals surface area contributed by atoms with Crippen LogP contribution in [0.3, 0.4) is 0 Å². The maximum atomic E-state index is 12.1. The number of halogens is 1. The number of carbonyl (C=O) groups excluding carboxylic acids is 1. The van der Waals surface area contributed by atoms with Crippen LogP contribution < -0.4 is 11.1 Å². The summed E-state index contributed by atoms with van der Waals surface area (Å²) in [5.74, 6) is 0.625. The fourth-order valence-electron chi connectivity index (χ4n) is 2.87. The van der Waals surface area contributed by atoms with Crippen molar-refractivity contribution < 1.29 is 4.79 Å². The molecule has 0 aliphatic heterocycles. The Hall–Kier alpha value is -2.67. The lowest BCUT2D eigenvalue weighted by Gasteiger charge is -2.10. The molecular weight excluding hydrogens is 352 g/mol. The van der Waals surface area contributed by atoms with Gasteiger partial charge in [0, 0.05) is 30.0 Å². The SMILES string of the molecule is Cc1nc2ncnn2c(C)c1CCC(=O)NCCc1ccc(N)cc1.Cl. The minimum Gasteiger partial charge on any atom is -0.399 e. The van der Waals surface area contributed by atoms with Gasteiger partial charge in [0.2, 0.25) is 5.91 Å². The third-order valence-electron chi connectivity index (χ3n) is 4.31. The number of amides is 1. The summed E-state index contributed by atoms with van der Waals surface area (Å²) in [6, 6.07) is 7.70. The van der Waals surface area contributed by atoms with Gasteiger partial charge in [-0.3, -0.25) is 4.79 Å². The first-order valence-electron chi connectivity index (χ1n) is 8.31. The molecule has 0 aliphatic carbocycles. The summed E-state index contributed by atoms with van der Waals surface area (Å²) in [6.45, 7) is 4.53. The van der Waals surface area contributed by atoms with Crippen LogP contribution in [0.1, 0.15) is 28.9 Å². The van der Waals surface area contributed by atoms with Gasteiger partial charge in [-0.05, 0) is 49.9 Å². The molecule has 0 radical (unpaired) electrons. The van der Waals surface area contributed by atoms with E-state index < -0.39 is 0 Å². The van der Waals surface area contributed by atoms with Crippen LogP contribution in [0.4, 0.5) is 5.69 Å². The van der Waals surface area contributed by atoms with Crippen molar-refractivity contribution >= 4 is 29.8 Å². The summed E-state index contributed by atoms with van der Waals surface area (Å²) in [4.78, 5) is 20.6. The Morgan fingerprint density at radius 1 is 1.19 bits per heavy atom. The van der Waals surface area contributed by atoms with E-state index in [1.54, 1.807) is 4.52 Å². The number of hydrogen-bond donors (Lipinski definition) is 2. The number of carbonyl (C=O) groups is 1. The molecule has 1 aromatic carbocycles. The van der Waals surface area contributed by atoms with Crippen LogP contribution in [0.5, 0.6) is 0 Å². The van der Waals surface area contributed by atoms with Crippen molar-refractivity contribution in [2.75, 3.05) is 12.3 Å². The molecule has 0 aliphatic rings. The van der Waals surface area contributed by atoms with Crippen LogP contribution in [0.2, 0.25) is 0 Å². The highest BCUT2D eigenvalue weighted by atomic mass is 35.5. The number of rotatable bonds is 6. The minimum atomic E-state index is 0. The summed E-state index contributed by atoms with van der Waals surface area (Å²) in [5, 5.41) is 7.13. The van der Waals surface area contributed by atoms with Crippen LogP contribution in [-0.4, -0.2) is 32.0 Å². The molecule has 1 amide bonds. The summed E-state index contributed by atoms with van der Waals surface area (Å²) >= 11 is 0. The largest absolute Gasteiger partial charge is 0.399 e. The number of anilines is 1. The molecule has 2 heterocycles. The predicted octanol–water partition coefficient (Wildman–Crippen LogP) is 2.04. The van der Waals surface area contributed by atoms with E-state index in [4.69, 9.17) is 5.73 Å². The third-order valence-corrected chi connectivity index (χ3v) is 4.31. The normalized spacial score (nSPS) is 10.5. The minimum absolute atomic E-state index is 0. The van der Waals surface area contributed by atoms with Gasteiger partial charge in [0.05, 0.1) is 0 Å². The van der Waals surface area contributed by atoms with Gasteiger partial charge in [-0.1, -0.05) is 12.1 Å². The van der Waals surface area contributed by atoms with Gasteiger partial charge in [-0.15, -0.1) is 12.4 Å². The number of aryl methyl sites for hydroxylation is 2. The average molecular weight is 375 g/mol. The van der Waals surface area contributed by atoms with Crippen molar-refractivity contribution in [3.8, 4) is 0 Å². The van der Waals surface area contributed by atoms with E-state index in [1.807, 2.05) is 38.1 Å². The molecule has 0 fully saturated rings. The van der Waals surface area contributed by atoms with Crippen LogP contribution in [0.25, 0.3) is 5.78 Å². The second kappa shape index (κ2) is 8.62. The van der Waals surface area contributed by atoms with E-state index in [0.29, 0.717) is 25.2 Å². The fourth-order valence-corrected chi connectivity index (χ4v) is 2.87. The highest BCUT2D eigenvalue weighted by Gasteiger charge is 2.12. The lowest BCUT2D eigenvalue weighted by atomic mass is 10.1. The molecule has 3 N–H and O–H groups in total. The van der Waals surface area contributed by atoms with Crippen molar-refractivity contribution in [2.45, 2.75) is 33.1 Å². The average Bonchev–Trinajstić information content (AvgIpc) is 3.05. The molecule has 0 saturated carbocycles. The standard InChI is InChI=1S/C18H22N6O.ClH/c1-12-16(13(2)24-18(23-12)21-11-22-24)7-8-17(25)20-10-9-14-3-5-15(19)6-4-14;/h3-6,11H,7-10,19H2,1-2H3,(H,20,25);1H. The Bertz CT molecular complexity index is 891. The number of fused-ring (bicyclic) bond motifs is 1. The monoisotopic (exact) mass is 374 g/mol. The van der Waals surface area contributed by atoms with E-state index >= 15 is 0 Å². The van der Waals surface area contributed by atoms with E-state index in [-0.39, 0.29) is 18.3 Å². The summed E-state index contributed by atoms with van der Waals surface area (Å²) in [6.07, 6.45) is 3.33. The van der Waals surface area contributed by atoms with Crippen LogP contribution in [-0.2, 0) is 17.6 Å². The van der Waals surface area contributed by atoms with Crippen LogP contribution >= 0.6 is 12.4 Å². The third kappa shape index (κ3) is 4.49. The van der Waals surface area contributed by atoms with Gasteiger partial charge in [-0.2, -0.15) is 10.1 Å². The first kappa shape index (κ1) is 19.7. The van der Waals surface area contributed by atoms with E-state index in [2.05, 4.69) is 20.4 Å². The lowest BCUT2D eigenvalue weighted by molar-refractivity contribution is -0.121. The smallest absolute Gasteiger partial charge is 0.252 e. The number of nitrogens with two attached hydrogens (primary N) is 1. The van der Waals surface area contributed by atoms with Crippen molar-refractivity contribution in [1.82, 2.24) is 24.9 Å². The molecule has 26 heavy (non-hydrogen) atoms. The Balaban J connectivity index is 0.00000243. The second-order valence-electron chi connectivity index (χ2n) is 6.07. The van der Waals surface area contributed by atoms with Gasteiger partial charge in [0.1, 0.15) is 6.33 Å². The Morgan fingerprint density at radius 3 is 2.65 bits per heavy atom. The number of nitrogens with zero attached hydrogens (tertiary/aromatic N) is 4. The van der Waals surface area contributed by atoms with Crippen LogP contribution in [0, 0.1) is 13.8 Å². The molecule has 3 aromatic rings. The van der Waals surface area contributed by atoms with Gasteiger partial charge in [0.25, 0.3) is 5.78 Å². The number of nitrogen functional groups attached to an aromatic ring is 1. The van der Waals surface area contributed by atoms with Gasteiger partial charge in [0.15, 0.2) is 0 Å². The molecule has 0 unspecified atom stereocenters. The topological polar surface area (TPSA) is 98.2 Å². The summed E-state index contributed by atoms with van der Waals surface area (Å²) in [5.41, 5.74) is 10.5. The first-order valence-corrected chi connectivity index (χ1v) is 8.31. The molecule has 2 aromatic heterocycles. The summed E-state index contributed by atoms with van der Waals surface area (Å²) < 4.78 is 1.71. The van der Waals surface area contributed by atoms with Gasteiger partial charge in [-0.25, -0.2) is 9.50 Å². The fraction of sp³-hybridized carbons (Fsp3) is 0.333. The summed E-state index contributed by atoms with van der Waals surface area (Å²) in [7, 11) is 0. The number of aromatic nitrogens is 4. The molecule has 0 bridgehead atoms. The lowest BCUT2D eigenvalue weighted by Crippen LogP contribution is -2.26. The quantitative estimate of drug-likeness (QED) is 0.643. The Kier molecular flexibility index (Phi) is 6.52. The zero-order valence-electron chi connectivity index (χ0n) is 14.9. The number of hydrogen-bond acceptors (Lipinski definition) is 5. The van der Waals surface area contributed by atoms with E-state index in [9.17, 15) is 4.79 Å². The maximum absolute atomic E-state index is 12.1. The Labute approximate surface area is 158 Å². The molecule has 0 saturated heterocycles. The molecule has 8 heteroatoms. The van der Waals surface area contributed by atoms with E-state index in [1.165, 1.54) is 6.33 Å². The van der Waals surface area contributed by atoms with Crippen molar-refractivity contribution in [3.05, 3.63) is 53.1 Å². The molecule has 138 valence electrons. The predicted molar refractivity (Wildman–Crippen MR) is 103 cm³/mol. The highest BCUT2D eigenvalue weighted by Crippen LogP contribution is 2.14. The molecule has 7 nitrogen and oxygen atoms in total. The maximum Gasteiger partial charge on any atom is 0.252 e. The zero-order valence-corrected chi connectivity index (χ0v) is 15.7. The second-order valence-corrected chi connectivity index (χ2v) is 6.07. The van der Waals surface area contributed by atoms with Gasteiger partial charge >= 0.3 is 0 Å². The molecule has 0 atom stereocenters. The van der Waals surface area contributed by atoms with Crippen molar-refractivity contribution in [1.29, 1.82) is 0 Å². The highest BCUT2D eigenvalue weighted by molar-refractivity contribution is 5.85. The Morgan fingerprint density at radius 2 is 1.92 bits per heavy atom. The van der Waals surface area contributed by atoms with Crippen molar-refractivity contribution in [3.63, 3.8) is 0 Å². The molecule has 0 spiro atoms. The number of nitrogens with one attached hydrogen (secondary N) is 1. The van der Waals surface area contributed by atoms with E-state index in [0.717, 1.165) is 34.6 Å². The molecule has 3 rings (SSSR count). The molecular formula is C18H23ClN6O. The first-order chi connectivity index (χ1) is 12.0. The number of benzene rings is 1. The van der Waals surface area contributed by atoms with Gasteiger partial charge < -0.3 is 11.1 Å². The van der Waals surface area contributed by atoms with Crippen LogP contribution in [0.15, 0.2) is 30.6 Å².